The zero-order valence-electron chi connectivity index (χ0n) is 13.8. The molecule has 1 N–H and O–H groups in total. The normalized spacial score (nSPS) is 15.0. The predicted octanol–water partition coefficient (Wildman–Crippen LogP) is 4.62. The molecule has 3 rings (SSSR count). The number of likely N-dealkylation sites (tertiary alicyclic amines) is 1. The topological polar surface area (TPSA) is 49.4 Å². The highest BCUT2D eigenvalue weighted by molar-refractivity contribution is 6.35. The number of piperidine rings is 1. The van der Waals surface area contributed by atoms with E-state index in [1.807, 2.05) is 0 Å². The molecule has 7 heteroatoms. The first-order valence-electron chi connectivity index (χ1n) is 8.24. The summed E-state index contributed by atoms with van der Waals surface area (Å²) >= 11 is 11.9. The van der Waals surface area contributed by atoms with Gasteiger partial charge in [-0.1, -0.05) is 23.2 Å². The highest BCUT2D eigenvalue weighted by Crippen LogP contribution is 2.25. The average molecular weight is 395 g/mol. The standard InChI is InChI=1S/C19H17Cl2FN2O2/c20-14-9-15(21)11-17(10-14)23-18(25)12-5-7-24(8-6-12)19(26)13-1-3-16(22)4-2-13/h1-4,9-12H,5-8H2,(H,23,25). The SMILES string of the molecule is O=C(Nc1cc(Cl)cc(Cl)c1)C1CCN(C(=O)c2ccc(F)cc2)CC1. The Morgan fingerprint density at radius 2 is 1.58 bits per heavy atom. The molecule has 0 spiro atoms. The highest BCUT2D eigenvalue weighted by atomic mass is 35.5. The van der Waals surface area contributed by atoms with Gasteiger partial charge in [-0.05, 0) is 55.3 Å². The van der Waals surface area contributed by atoms with Crippen LogP contribution >= 0.6 is 23.2 Å². The van der Waals surface area contributed by atoms with Crippen LogP contribution in [0.25, 0.3) is 0 Å². The van der Waals surface area contributed by atoms with Crippen LogP contribution in [0.3, 0.4) is 0 Å². The number of amides is 2. The molecule has 2 aromatic carbocycles. The number of hydrogen-bond acceptors (Lipinski definition) is 2. The van der Waals surface area contributed by atoms with E-state index in [2.05, 4.69) is 5.32 Å². The number of rotatable bonds is 3. The minimum atomic E-state index is -0.377. The average Bonchev–Trinajstić information content (AvgIpc) is 2.61. The van der Waals surface area contributed by atoms with E-state index >= 15 is 0 Å². The monoisotopic (exact) mass is 394 g/mol. The molecule has 1 heterocycles. The van der Waals surface area contributed by atoms with Crippen molar-refractivity contribution in [1.82, 2.24) is 4.90 Å². The summed E-state index contributed by atoms with van der Waals surface area (Å²) in [6, 6.07) is 10.3. The molecule has 26 heavy (non-hydrogen) atoms. The lowest BCUT2D eigenvalue weighted by atomic mass is 9.95. The second-order valence-corrected chi connectivity index (χ2v) is 7.09. The van der Waals surface area contributed by atoms with E-state index in [1.165, 1.54) is 24.3 Å². The second kappa shape index (κ2) is 8.06. The first-order chi connectivity index (χ1) is 12.4. The Morgan fingerprint density at radius 1 is 1.00 bits per heavy atom. The van der Waals surface area contributed by atoms with Crippen LogP contribution in [-0.2, 0) is 4.79 Å². The molecule has 0 atom stereocenters. The maximum Gasteiger partial charge on any atom is 0.253 e. The third-order valence-electron chi connectivity index (χ3n) is 4.37. The van der Waals surface area contributed by atoms with Crippen molar-refractivity contribution >= 4 is 40.7 Å². The lowest BCUT2D eigenvalue weighted by Crippen LogP contribution is -2.41. The molecule has 0 bridgehead atoms. The van der Waals surface area contributed by atoms with Crippen LogP contribution in [0, 0.1) is 11.7 Å². The summed E-state index contributed by atoms with van der Waals surface area (Å²) in [6.07, 6.45) is 1.13. The van der Waals surface area contributed by atoms with Crippen LogP contribution < -0.4 is 5.32 Å². The summed E-state index contributed by atoms with van der Waals surface area (Å²) in [5.41, 5.74) is 1.00. The number of nitrogens with zero attached hydrogens (tertiary/aromatic N) is 1. The van der Waals surface area contributed by atoms with E-state index in [-0.39, 0.29) is 23.5 Å². The number of benzene rings is 2. The van der Waals surface area contributed by atoms with Crippen LogP contribution in [-0.4, -0.2) is 29.8 Å². The molecule has 1 aliphatic heterocycles. The fourth-order valence-electron chi connectivity index (χ4n) is 2.99. The zero-order valence-corrected chi connectivity index (χ0v) is 15.4. The molecule has 1 fully saturated rings. The second-order valence-electron chi connectivity index (χ2n) is 6.22. The number of carbonyl (C=O) groups excluding carboxylic acids is 2. The Balaban J connectivity index is 1.56. The van der Waals surface area contributed by atoms with Gasteiger partial charge in [0, 0.05) is 40.3 Å². The Labute approximate surface area is 160 Å². The molecular weight excluding hydrogens is 378 g/mol. The predicted molar refractivity (Wildman–Crippen MR) is 100 cm³/mol. The smallest absolute Gasteiger partial charge is 0.253 e. The van der Waals surface area contributed by atoms with Crippen molar-refractivity contribution in [3.63, 3.8) is 0 Å². The molecule has 1 aliphatic rings. The molecule has 0 aromatic heterocycles. The van der Waals surface area contributed by atoms with Crippen LogP contribution in [0.15, 0.2) is 42.5 Å². The van der Waals surface area contributed by atoms with Crippen molar-refractivity contribution in [2.75, 3.05) is 18.4 Å². The Morgan fingerprint density at radius 3 is 2.15 bits per heavy atom. The van der Waals surface area contributed by atoms with Gasteiger partial charge in [0.25, 0.3) is 5.91 Å². The minimum Gasteiger partial charge on any atom is -0.339 e. The van der Waals surface area contributed by atoms with Gasteiger partial charge in [0.05, 0.1) is 0 Å². The molecule has 0 radical (unpaired) electrons. The molecule has 4 nitrogen and oxygen atoms in total. The third-order valence-corrected chi connectivity index (χ3v) is 4.81. The summed E-state index contributed by atoms with van der Waals surface area (Å²) in [5.74, 6) is -0.828. The largest absolute Gasteiger partial charge is 0.339 e. The molecule has 136 valence electrons. The third kappa shape index (κ3) is 4.54. The minimum absolute atomic E-state index is 0.114. The molecular formula is C19H17Cl2FN2O2. The maximum atomic E-state index is 13.0. The van der Waals surface area contributed by atoms with E-state index in [1.54, 1.807) is 23.1 Å². The quantitative estimate of drug-likeness (QED) is 0.825. The van der Waals surface area contributed by atoms with Crippen molar-refractivity contribution in [3.05, 3.63) is 63.9 Å². The lowest BCUT2D eigenvalue weighted by Gasteiger charge is -2.31. The van der Waals surface area contributed by atoms with Gasteiger partial charge in [0.2, 0.25) is 5.91 Å². The fourth-order valence-corrected chi connectivity index (χ4v) is 3.52. The highest BCUT2D eigenvalue weighted by Gasteiger charge is 2.28. The Hall–Kier alpha value is -2.11. The van der Waals surface area contributed by atoms with Gasteiger partial charge in [-0.2, -0.15) is 0 Å². The number of nitrogens with one attached hydrogen (secondary N) is 1. The van der Waals surface area contributed by atoms with Gasteiger partial charge in [-0.25, -0.2) is 4.39 Å². The first kappa shape index (κ1) is 18.7. The van der Waals surface area contributed by atoms with Gasteiger partial charge < -0.3 is 10.2 Å². The lowest BCUT2D eigenvalue weighted by molar-refractivity contribution is -0.121. The number of carbonyl (C=O) groups is 2. The molecule has 2 aromatic rings. The van der Waals surface area contributed by atoms with Crippen molar-refractivity contribution in [3.8, 4) is 0 Å². The molecule has 0 saturated carbocycles. The van der Waals surface area contributed by atoms with E-state index in [0.717, 1.165) is 0 Å². The van der Waals surface area contributed by atoms with Gasteiger partial charge in [0.1, 0.15) is 5.82 Å². The van der Waals surface area contributed by atoms with Gasteiger partial charge in [0.15, 0.2) is 0 Å². The van der Waals surface area contributed by atoms with E-state index < -0.39 is 0 Å². The molecule has 0 aliphatic carbocycles. The summed E-state index contributed by atoms with van der Waals surface area (Å²) in [4.78, 5) is 26.5. The van der Waals surface area contributed by atoms with Crippen molar-refractivity contribution in [2.24, 2.45) is 5.92 Å². The fraction of sp³-hybridized carbons (Fsp3) is 0.263. The van der Waals surface area contributed by atoms with Crippen LogP contribution in [0.2, 0.25) is 10.0 Å². The van der Waals surface area contributed by atoms with E-state index in [0.29, 0.717) is 47.2 Å². The molecule has 2 amide bonds. The summed E-state index contributed by atoms with van der Waals surface area (Å²) in [6.45, 7) is 0.954. The summed E-state index contributed by atoms with van der Waals surface area (Å²) < 4.78 is 13.0. The molecule has 1 saturated heterocycles. The van der Waals surface area contributed by atoms with Crippen LogP contribution in [0.1, 0.15) is 23.2 Å². The Kier molecular flexibility index (Phi) is 5.79. The zero-order chi connectivity index (χ0) is 18.7. The van der Waals surface area contributed by atoms with Gasteiger partial charge >= 0.3 is 0 Å². The van der Waals surface area contributed by atoms with Crippen molar-refractivity contribution < 1.29 is 14.0 Å². The number of halogens is 3. The van der Waals surface area contributed by atoms with Crippen LogP contribution in [0.4, 0.5) is 10.1 Å². The van der Waals surface area contributed by atoms with E-state index in [4.69, 9.17) is 23.2 Å². The molecule has 0 unspecified atom stereocenters. The Bertz CT molecular complexity index is 799. The number of hydrogen-bond donors (Lipinski definition) is 1. The van der Waals surface area contributed by atoms with E-state index in [9.17, 15) is 14.0 Å². The maximum absolute atomic E-state index is 13.0. The van der Waals surface area contributed by atoms with Crippen molar-refractivity contribution in [2.45, 2.75) is 12.8 Å². The summed E-state index contributed by atoms with van der Waals surface area (Å²) in [7, 11) is 0. The first-order valence-corrected chi connectivity index (χ1v) is 9.00. The van der Waals surface area contributed by atoms with Crippen LogP contribution in [0.5, 0.6) is 0 Å². The van der Waals surface area contributed by atoms with Gasteiger partial charge in [-0.3, -0.25) is 9.59 Å². The summed E-state index contributed by atoms with van der Waals surface area (Å²) in [5, 5.41) is 3.73. The number of anilines is 1. The van der Waals surface area contributed by atoms with Gasteiger partial charge in [-0.15, -0.1) is 0 Å². The van der Waals surface area contributed by atoms with Crippen molar-refractivity contribution in [1.29, 1.82) is 0 Å².